The Morgan fingerprint density at radius 1 is 1.54 bits per heavy atom. The third-order valence-corrected chi connectivity index (χ3v) is 2.92. The zero-order valence-corrected chi connectivity index (χ0v) is 11.9. The summed E-state index contributed by atoms with van der Waals surface area (Å²) < 4.78 is 1.24. The Balaban J connectivity index is 0.00000144. The Morgan fingerprint density at radius 2 is 2.15 bits per heavy atom. The highest BCUT2D eigenvalue weighted by Gasteiger charge is 2.27. The van der Waals surface area contributed by atoms with Crippen molar-refractivity contribution in [2.24, 2.45) is 0 Å². The van der Waals surface area contributed by atoms with E-state index in [0.717, 1.165) is 16.6 Å². The van der Waals surface area contributed by atoms with Gasteiger partial charge in [-0.3, -0.25) is 5.21 Å². The van der Waals surface area contributed by atoms with Gasteiger partial charge >= 0.3 is 0 Å². The van der Waals surface area contributed by atoms with Gasteiger partial charge in [0.25, 0.3) is 6.17 Å². The van der Waals surface area contributed by atoms with E-state index in [1.165, 1.54) is 4.74 Å². The minimum absolute atomic E-state index is 0. The predicted molar refractivity (Wildman–Crippen MR) is 55.3 cm³/mol. The summed E-state index contributed by atoms with van der Waals surface area (Å²) in [6, 6.07) is 0. The average Bonchev–Trinajstić information content (AvgIpc) is 2.09. The highest BCUT2D eigenvalue weighted by atomic mass is 79.9. The number of hydroxylamine groups is 1. The molecule has 1 rings (SSSR count). The van der Waals surface area contributed by atoms with Gasteiger partial charge in [-0.25, -0.2) is 0 Å². The molecular formula is C7H11Br3N2O. The van der Waals surface area contributed by atoms with E-state index in [4.69, 9.17) is 0 Å². The van der Waals surface area contributed by atoms with Crippen LogP contribution in [0, 0.1) is 0 Å². The summed E-state index contributed by atoms with van der Waals surface area (Å²) in [5, 5.41) is 14.0. The van der Waals surface area contributed by atoms with Gasteiger partial charge in [-0.2, -0.15) is 0 Å². The number of nitrogens with zero attached hydrogens (tertiary/aromatic N) is 1. The average molecular weight is 379 g/mol. The highest BCUT2D eigenvalue weighted by molar-refractivity contribution is 9.09. The first kappa shape index (κ1) is 13.4. The van der Waals surface area contributed by atoms with Crippen LogP contribution in [-0.2, 0) is 0 Å². The second kappa shape index (κ2) is 6.03. The van der Waals surface area contributed by atoms with Crippen LogP contribution in [0.3, 0.4) is 0 Å². The summed E-state index contributed by atoms with van der Waals surface area (Å²) in [7, 11) is 0. The number of nitrogens with one attached hydrogen (secondary N) is 1. The van der Waals surface area contributed by atoms with Gasteiger partial charge in [0, 0.05) is 18.5 Å². The van der Waals surface area contributed by atoms with Crippen molar-refractivity contribution < 1.29 is 26.9 Å². The maximum absolute atomic E-state index is 9.58. The number of alkyl halides is 2. The zero-order chi connectivity index (χ0) is 9.14. The Bertz CT molecular complexity index is 240. The van der Waals surface area contributed by atoms with Crippen molar-refractivity contribution >= 4 is 37.6 Å². The standard InChI is InChI=1S/C7H10Br2N2O.BrH/c1-5-10-4-6(2-8)7(3-9)11(5)12;/h4-5,12H,2-3H2,1H3;1H. The summed E-state index contributed by atoms with van der Waals surface area (Å²) >= 11 is 6.68. The molecule has 0 aromatic heterocycles. The van der Waals surface area contributed by atoms with Gasteiger partial charge in [0.2, 0.25) is 5.71 Å². The minimum Gasteiger partial charge on any atom is -1.00 e. The molecular weight excluding hydrogens is 368 g/mol. The summed E-state index contributed by atoms with van der Waals surface area (Å²) in [4.78, 5) is 0. The number of allylic oxidation sites excluding steroid dienone is 1. The molecule has 0 aromatic rings. The van der Waals surface area contributed by atoms with Crippen LogP contribution in [0.25, 0.3) is 0 Å². The minimum atomic E-state index is -0.0552. The SMILES string of the molecule is CC1NC=C(CBr)C(CBr)=[N+]1O.[Br-]. The van der Waals surface area contributed by atoms with Crippen molar-refractivity contribution in [3.63, 3.8) is 0 Å². The van der Waals surface area contributed by atoms with Crippen molar-refractivity contribution in [3.05, 3.63) is 11.8 Å². The number of hydrogen-bond acceptors (Lipinski definition) is 2. The number of hydrogen-bond donors (Lipinski definition) is 2. The van der Waals surface area contributed by atoms with Crippen molar-refractivity contribution in [3.8, 4) is 0 Å². The van der Waals surface area contributed by atoms with Crippen LogP contribution in [-0.4, -0.2) is 32.5 Å². The third-order valence-electron chi connectivity index (χ3n) is 1.78. The third kappa shape index (κ3) is 2.95. The molecule has 0 bridgehead atoms. The molecule has 3 nitrogen and oxygen atoms in total. The lowest BCUT2D eigenvalue weighted by atomic mass is 10.2. The Labute approximate surface area is 105 Å². The summed E-state index contributed by atoms with van der Waals surface area (Å²) in [6.45, 7) is 1.89. The van der Waals surface area contributed by atoms with Crippen molar-refractivity contribution in [1.82, 2.24) is 5.32 Å². The van der Waals surface area contributed by atoms with Gasteiger partial charge in [0.1, 0.15) is 0 Å². The quantitative estimate of drug-likeness (QED) is 0.347. The lowest BCUT2D eigenvalue weighted by Gasteiger charge is -2.14. The van der Waals surface area contributed by atoms with Crippen molar-refractivity contribution in [2.45, 2.75) is 13.1 Å². The normalized spacial score (nSPS) is 21.8. The van der Waals surface area contributed by atoms with Crippen molar-refractivity contribution in [1.29, 1.82) is 0 Å². The Kier molecular flexibility index (Phi) is 6.24. The molecule has 0 spiro atoms. The second-order valence-electron chi connectivity index (χ2n) is 2.57. The summed E-state index contributed by atoms with van der Waals surface area (Å²) in [5.41, 5.74) is 1.96. The fourth-order valence-corrected chi connectivity index (χ4v) is 2.12. The van der Waals surface area contributed by atoms with Gasteiger partial charge in [0.05, 0.1) is 10.9 Å². The lowest BCUT2D eigenvalue weighted by molar-refractivity contribution is -0.800. The van der Waals surface area contributed by atoms with Crippen LogP contribution in [0.15, 0.2) is 11.8 Å². The van der Waals surface area contributed by atoms with Gasteiger partial charge in [-0.1, -0.05) is 31.9 Å². The van der Waals surface area contributed by atoms with Crippen LogP contribution in [0.2, 0.25) is 0 Å². The molecule has 0 amide bonds. The van der Waals surface area contributed by atoms with Gasteiger partial charge < -0.3 is 22.3 Å². The molecule has 1 atom stereocenters. The molecule has 0 aliphatic carbocycles. The Hall–Kier alpha value is 0.450. The molecule has 1 aliphatic rings. The highest BCUT2D eigenvalue weighted by Crippen LogP contribution is 2.09. The zero-order valence-electron chi connectivity index (χ0n) is 7.10. The Morgan fingerprint density at radius 3 is 2.62 bits per heavy atom. The maximum atomic E-state index is 9.58. The number of halogens is 3. The van der Waals surface area contributed by atoms with E-state index in [0.29, 0.717) is 5.33 Å². The van der Waals surface area contributed by atoms with E-state index in [9.17, 15) is 5.21 Å². The molecule has 6 heteroatoms. The van der Waals surface area contributed by atoms with E-state index in [-0.39, 0.29) is 23.1 Å². The van der Waals surface area contributed by atoms with E-state index in [2.05, 4.69) is 37.2 Å². The van der Waals surface area contributed by atoms with Gasteiger partial charge in [-0.15, -0.1) is 0 Å². The molecule has 0 radical (unpaired) electrons. The molecule has 0 saturated carbocycles. The molecule has 76 valence electrons. The molecule has 1 unspecified atom stereocenters. The van der Waals surface area contributed by atoms with Gasteiger partial charge in [0.15, 0.2) is 0 Å². The summed E-state index contributed by atoms with van der Waals surface area (Å²) in [5.74, 6) is 0. The van der Waals surface area contributed by atoms with Crippen LogP contribution >= 0.6 is 31.9 Å². The second-order valence-corrected chi connectivity index (χ2v) is 3.69. The van der Waals surface area contributed by atoms with Crippen LogP contribution in [0.5, 0.6) is 0 Å². The summed E-state index contributed by atoms with van der Waals surface area (Å²) in [6.07, 6.45) is 1.86. The smallest absolute Gasteiger partial charge is 0.271 e. The fraction of sp³-hybridized carbons (Fsp3) is 0.571. The van der Waals surface area contributed by atoms with Crippen LogP contribution < -0.4 is 22.3 Å². The van der Waals surface area contributed by atoms with E-state index < -0.39 is 0 Å². The molecule has 0 fully saturated rings. The predicted octanol–water partition coefficient (Wildman–Crippen LogP) is -1.54. The topological polar surface area (TPSA) is 35.3 Å². The van der Waals surface area contributed by atoms with Crippen molar-refractivity contribution in [2.75, 3.05) is 10.7 Å². The van der Waals surface area contributed by atoms with E-state index in [1.54, 1.807) is 0 Å². The van der Waals surface area contributed by atoms with E-state index >= 15 is 0 Å². The molecule has 1 aliphatic heterocycles. The fourth-order valence-electron chi connectivity index (χ4n) is 1.02. The molecule has 2 N–H and O–H groups in total. The molecule has 0 saturated heterocycles. The van der Waals surface area contributed by atoms with E-state index in [1.807, 2.05) is 13.1 Å². The molecule has 0 aromatic carbocycles. The van der Waals surface area contributed by atoms with Crippen LogP contribution in [0.4, 0.5) is 0 Å². The van der Waals surface area contributed by atoms with Gasteiger partial charge in [-0.05, 0) is 4.74 Å². The first-order valence-electron chi connectivity index (χ1n) is 3.62. The first-order valence-corrected chi connectivity index (χ1v) is 5.86. The van der Waals surface area contributed by atoms with Crippen LogP contribution in [0.1, 0.15) is 6.92 Å². The number of rotatable bonds is 2. The maximum Gasteiger partial charge on any atom is 0.271 e. The monoisotopic (exact) mass is 376 g/mol. The lowest BCUT2D eigenvalue weighted by Crippen LogP contribution is -3.00. The molecule has 1 heterocycles. The first-order chi connectivity index (χ1) is 5.70. The molecule has 13 heavy (non-hydrogen) atoms. The largest absolute Gasteiger partial charge is 1.00 e.